The van der Waals surface area contributed by atoms with Gasteiger partial charge in [0.25, 0.3) is 0 Å². The summed E-state index contributed by atoms with van der Waals surface area (Å²) in [7, 11) is 0. The Bertz CT molecular complexity index is 762. The van der Waals surface area contributed by atoms with E-state index >= 15 is 0 Å². The third kappa shape index (κ3) is 4.30. The third-order valence-electron chi connectivity index (χ3n) is 5.14. The Hall–Kier alpha value is -1.98. The number of hydrogen-bond acceptors (Lipinski definition) is 2. The van der Waals surface area contributed by atoms with Crippen molar-refractivity contribution in [1.82, 2.24) is 4.90 Å². The van der Waals surface area contributed by atoms with Gasteiger partial charge in [-0.05, 0) is 76.1 Å². The molecule has 0 aliphatic carbocycles. The molecule has 2 atom stereocenters. The first-order valence-corrected chi connectivity index (χ1v) is 9.36. The van der Waals surface area contributed by atoms with Gasteiger partial charge in [-0.3, -0.25) is 4.90 Å². The lowest BCUT2D eigenvalue weighted by atomic mass is 9.82. The molecule has 2 unspecified atom stereocenters. The second-order valence-corrected chi connectivity index (χ2v) is 8.46. The molecular formula is C21H26F3NO2. The van der Waals surface area contributed by atoms with Crippen LogP contribution in [0.5, 0.6) is 0 Å². The number of carbonyl (C=O) groups excluding carboxylic acids is 1. The van der Waals surface area contributed by atoms with Crippen LogP contribution in [0.25, 0.3) is 5.57 Å². The van der Waals surface area contributed by atoms with Gasteiger partial charge in [0, 0.05) is 6.04 Å². The quantitative estimate of drug-likeness (QED) is 0.601. The molecule has 1 amide bonds. The molecule has 2 aliphatic rings. The lowest BCUT2D eigenvalue weighted by Crippen LogP contribution is -2.53. The predicted octanol–water partition coefficient (Wildman–Crippen LogP) is 5.96. The Labute approximate surface area is 158 Å². The van der Waals surface area contributed by atoms with E-state index in [1.54, 1.807) is 12.1 Å². The highest BCUT2D eigenvalue weighted by molar-refractivity contribution is 5.75. The number of alkyl halides is 3. The fourth-order valence-electron chi connectivity index (χ4n) is 4.02. The smallest absolute Gasteiger partial charge is 0.416 e. The average Bonchev–Trinajstić information content (AvgIpc) is 2.50. The van der Waals surface area contributed by atoms with E-state index in [2.05, 4.69) is 0 Å². The number of benzene rings is 1. The van der Waals surface area contributed by atoms with Crippen LogP contribution >= 0.6 is 0 Å². The molecule has 1 aromatic rings. The molecule has 1 fully saturated rings. The number of aryl methyl sites for hydroxylation is 1. The molecule has 0 aromatic heterocycles. The number of carbonyl (C=O) groups is 1. The standard InChI is InChI=1S/C21H26F3NO2/c1-13-10-14(8-9-18(13)21(22,23)24)15-11-16-6-5-7-17(12-15)25(16)19(26)27-20(2,3)4/h8-11,16-17H,5-7,12H2,1-4H3. The summed E-state index contributed by atoms with van der Waals surface area (Å²) in [4.78, 5) is 14.4. The summed E-state index contributed by atoms with van der Waals surface area (Å²) in [6, 6.07) is 4.27. The van der Waals surface area contributed by atoms with E-state index in [1.165, 1.54) is 6.92 Å². The Morgan fingerprint density at radius 3 is 2.44 bits per heavy atom. The van der Waals surface area contributed by atoms with Crippen molar-refractivity contribution in [2.45, 2.75) is 77.2 Å². The SMILES string of the molecule is Cc1cc(C2=CC3CCCC(C2)N3C(=O)OC(C)(C)C)ccc1C(F)(F)F. The van der Waals surface area contributed by atoms with E-state index in [0.717, 1.165) is 36.5 Å². The zero-order valence-corrected chi connectivity index (χ0v) is 16.2. The molecule has 2 aliphatic heterocycles. The van der Waals surface area contributed by atoms with E-state index < -0.39 is 17.3 Å². The van der Waals surface area contributed by atoms with Crippen molar-refractivity contribution < 1.29 is 22.7 Å². The van der Waals surface area contributed by atoms with Gasteiger partial charge in [-0.25, -0.2) is 4.79 Å². The number of halogens is 3. The first-order chi connectivity index (χ1) is 12.5. The second-order valence-electron chi connectivity index (χ2n) is 8.46. The van der Waals surface area contributed by atoms with Gasteiger partial charge in [-0.1, -0.05) is 18.2 Å². The van der Waals surface area contributed by atoms with Crippen LogP contribution in [0.2, 0.25) is 0 Å². The van der Waals surface area contributed by atoms with Gasteiger partial charge in [0.1, 0.15) is 5.60 Å². The van der Waals surface area contributed by atoms with Crippen LogP contribution in [-0.2, 0) is 10.9 Å². The summed E-state index contributed by atoms with van der Waals surface area (Å²) < 4.78 is 44.6. The minimum absolute atomic E-state index is 0.0289. The van der Waals surface area contributed by atoms with Crippen LogP contribution < -0.4 is 0 Å². The molecule has 148 valence electrons. The van der Waals surface area contributed by atoms with Gasteiger partial charge in [0.2, 0.25) is 0 Å². The maximum atomic E-state index is 13.0. The fourth-order valence-corrected chi connectivity index (χ4v) is 4.02. The minimum Gasteiger partial charge on any atom is -0.444 e. The first kappa shape index (κ1) is 19.8. The molecule has 0 N–H and O–H groups in total. The Balaban J connectivity index is 1.88. The number of ether oxygens (including phenoxy) is 1. The minimum atomic E-state index is -4.34. The zero-order chi connectivity index (χ0) is 20.0. The predicted molar refractivity (Wildman–Crippen MR) is 98.3 cm³/mol. The van der Waals surface area contributed by atoms with E-state index in [9.17, 15) is 18.0 Å². The fraction of sp³-hybridized carbons (Fsp3) is 0.571. The maximum absolute atomic E-state index is 13.0. The van der Waals surface area contributed by atoms with Crippen LogP contribution in [0, 0.1) is 6.92 Å². The van der Waals surface area contributed by atoms with Crippen LogP contribution in [0.3, 0.4) is 0 Å². The normalized spacial score (nSPS) is 23.1. The van der Waals surface area contributed by atoms with Crippen molar-refractivity contribution in [3.63, 3.8) is 0 Å². The highest BCUT2D eigenvalue weighted by Gasteiger charge is 2.39. The highest BCUT2D eigenvalue weighted by Crippen LogP contribution is 2.39. The maximum Gasteiger partial charge on any atom is 0.416 e. The third-order valence-corrected chi connectivity index (χ3v) is 5.14. The van der Waals surface area contributed by atoms with Gasteiger partial charge in [0.15, 0.2) is 0 Å². The van der Waals surface area contributed by atoms with Crippen molar-refractivity contribution in [3.8, 4) is 0 Å². The summed E-state index contributed by atoms with van der Waals surface area (Å²) in [6.45, 7) is 7.02. The Kier molecular flexibility index (Phi) is 5.04. The summed E-state index contributed by atoms with van der Waals surface area (Å²) in [5.74, 6) is 0. The van der Waals surface area contributed by atoms with Crippen molar-refractivity contribution >= 4 is 11.7 Å². The number of amides is 1. The summed E-state index contributed by atoms with van der Waals surface area (Å²) in [5.41, 5.74) is 0.890. The summed E-state index contributed by atoms with van der Waals surface area (Å²) in [5, 5.41) is 0. The lowest BCUT2D eigenvalue weighted by Gasteiger charge is -2.45. The second kappa shape index (κ2) is 6.88. The number of fused-ring (bicyclic) bond motifs is 2. The molecule has 0 saturated carbocycles. The van der Waals surface area contributed by atoms with E-state index in [-0.39, 0.29) is 23.7 Å². The molecule has 6 heteroatoms. The molecule has 27 heavy (non-hydrogen) atoms. The number of piperidine rings is 1. The monoisotopic (exact) mass is 381 g/mol. The van der Waals surface area contributed by atoms with Crippen molar-refractivity contribution in [1.29, 1.82) is 0 Å². The molecule has 3 rings (SSSR count). The molecule has 1 aromatic carbocycles. The van der Waals surface area contributed by atoms with Crippen LogP contribution in [-0.4, -0.2) is 28.7 Å². The molecule has 0 spiro atoms. The van der Waals surface area contributed by atoms with Crippen molar-refractivity contribution in [2.75, 3.05) is 0 Å². The average molecular weight is 381 g/mol. The van der Waals surface area contributed by atoms with Crippen LogP contribution in [0.1, 0.15) is 63.1 Å². The van der Waals surface area contributed by atoms with E-state index in [0.29, 0.717) is 6.42 Å². The van der Waals surface area contributed by atoms with Crippen molar-refractivity contribution in [2.24, 2.45) is 0 Å². The summed E-state index contributed by atoms with van der Waals surface area (Å²) in [6.07, 6.45) is 0.780. The van der Waals surface area contributed by atoms with Gasteiger partial charge >= 0.3 is 12.3 Å². The molecule has 1 saturated heterocycles. The number of nitrogens with zero attached hydrogens (tertiary/aromatic N) is 1. The molecular weight excluding hydrogens is 355 g/mol. The topological polar surface area (TPSA) is 29.5 Å². The van der Waals surface area contributed by atoms with Crippen LogP contribution in [0.15, 0.2) is 24.3 Å². The number of rotatable bonds is 1. The van der Waals surface area contributed by atoms with Gasteiger partial charge in [-0.15, -0.1) is 0 Å². The van der Waals surface area contributed by atoms with Gasteiger partial charge < -0.3 is 4.74 Å². The van der Waals surface area contributed by atoms with Crippen LogP contribution in [0.4, 0.5) is 18.0 Å². The first-order valence-electron chi connectivity index (χ1n) is 9.36. The van der Waals surface area contributed by atoms with E-state index in [4.69, 9.17) is 4.74 Å². The Morgan fingerprint density at radius 1 is 1.19 bits per heavy atom. The largest absolute Gasteiger partial charge is 0.444 e. The zero-order valence-electron chi connectivity index (χ0n) is 16.2. The van der Waals surface area contributed by atoms with Gasteiger partial charge in [0.05, 0.1) is 11.6 Å². The Morgan fingerprint density at radius 2 is 1.89 bits per heavy atom. The molecule has 0 radical (unpaired) electrons. The number of hydrogen-bond donors (Lipinski definition) is 0. The van der Waals surface area contributed by atoms with Crippen molar-refractivity contribution in [3.05, 3.63) is 41.0 Å². The lowest BCUT2D eigenvalue weighted by molar-refractivity contribution is -0.138. The summed E-state index contributed by atoms with van der Waals surface area (Å²) >= 11 is 0. The molecule has 2 bridgehead atoms. The molecule has 3 nitrogen and oxygen atoms in total. The highest BCUT2D eigenvalue weighted by atomic mass is 19.4. The molecule has 2 heterocycles. The van der Waals surface area contributed by atoms with Gasteiger partial charge in [-0.2, -0.15) is 13.2 Å². The van der Waals surface area contributed by atoms with E-state index in [1.807, 2.05) is 31.7 Å².